The normalized spacial score (nSPS) is 11.8. The predicted molar refractivity (Wildman–Crippen MR) is 80.3 cm³/mol. The Morgan fingerprint density at radius 2 is 1.16 bits per heavy atom. The minimum atomic E-state index is -0.692. The molecule has 2 aromatic carbocycles. The van der Waals surface area contributed by atoms with Crippen molar-refractivity contribution >= 4 is 0 Å². The molecule has 0 aliphatic carbocycles. The smallest absolute Gasteiger partial charge is 0.0751 e. The topological polar surface area (TPSA) is 20.2 Å². The molecule has 2 rings (SSSR count). The molecule has 0 fully saturated rings. The van der Waals surface area contributed by atoms with Gasteiger partial charge in [-0.15, -0.1) is 0 Å². The number of rotatable bonds is 5. The van der Waals surface area contributed by atoms with Crippen molar-refractivity contribution in [2.24, 2.45) is 0 Å². The summed E-state index contributed by atoms with van der Waals surface area (Å²) in [6, 6.07) is 20.6. The van der Waals surface area contributed by atoms with Crippen LogP contribution in [0.2, 0.25) is 0 Å². The average molecular weight is 254 g/mol. The van der Waals surface area contributed by atoms with Gasteiger partial charge in [0.25, 0.3) is 0 Å². The van der Waals surface area contributed by atoms with Crippen LogP contribution in [0.5, 0.6) is 0 Å². The first kappa shape index (κ1) is 13.8. The van der Waals surface area contributed by atoms with Crippen molar-refractivity contribution in [1.29, 1.82) is 0 Å². The standard InChI is InChI=1S/C18H22O/c1-3-18(19,4-2)17(15-11-7-5-8-12-15)16-13-9-6-10-14-16/h5-14,17,19H,3-4H2,1-2H3. The number of aliphatic hydroxyl groups is 1. The first-order valence-corrected chi connectivity index (χ1v) is 7.03. The van der Waals surface area contributed by atoms with Crippen molar-refractivity contribution in [3.05, 3.63) is 71.8 Å². The third kappa shape index (κ3) is 2.87. The maximum Gasteiger partial charge on any atom is 0.0751 e. The summed E-state index contributed by atoms with van der Waals surface area (Å²) < 4.78 is 0. The molecular formula is C18H22O. The molecule has 0 radical (unpaired) electrons. The van der Waals surface area contributed by atoms with Crippen molar-refractivity contribution in [2.45, 2.75) is 38.2 Å². The van der Waals surface area contributed by atoms with Gasteiger partial charge in [-0.2, -0.15) is 0 Å². The Morgan fingerprint density at radius 1 is 0.789 bits per heavy atom. The zero-order valence-corrected chi connectivity index (χ0v) is 11.7. The summed E-state index contributed by atoms with van der Waals surface area (Å²) >= 11 is 0. The Labute approximate surface area is 115 Å². The van der Waals surface area contributed by atoms with Crippen LogP contribution in [-0.4, -0.2) is 10.7 Å². The van der Waals surface area contributed by atoms with E-state index in [1.54, 1.807) is 0 Å². The van der Waals surface area contributed by atoms with Gasteiger partial charge < -0.3 is 5.11 Å². The maximum absolute atomic E-state index is 11.0. The summed E-state index contributed by atoms with van der Waals surface area (Å²) in [5, 5.41) is 11.0. The Balaban J connectivity index is 2.52. The summed E-state index contributed by atoms with van der Waals surface area (Å²) in [4.78, 5) is 0. The first-order chi connectivity index (χ1) is 9.21. The van der Waals surface area contributed by atoms with Crippen LogP contribution in [0.3, 0.4) is 0 Å². The second-order valence-corrected chi connectivity index (χ2v) is 5.07. The molecule has 0 unspecified atom stereocenters. The van der Waals surface area contributed by atoms with Crippen LogP contribution in [0.25, 0.3) is 0 Å². The second-order valence-electron chi connectivity index (χ2n) is 5.07. The second kappa shape index (κ2) is 6.03. The van der Waals surface area contributed by atoms with Gasteiger partial charge in [-0.25, -0.2) is 0 Å². The molecule has 1 nitrogen and oxygen atoms in total. The molecular weight excluding hydrogens is 232 g/mol. The van der Waals surface area contributed by atoms with Gasteiger partial charge in [-0.3, -0.25) is 0 Å². The first-order valence-electron chi connectivity index (χ1n) is 7.03. The third-order valence-corrected chi connectivity index (χ3v) is 4.03. The van der Waals surface area contributed by atoms with Crippen molar-refractivity contribution < 1.29 is 5.11 Å². The summed E-state index contributed by atoms with van der Waals surface area (Å²) in [6.45, 7) is 4.12. The summed E-state index contributed by atoms with van der Waals surface area (Å²) in [5.74, 6) is 0.0323. The molecule has 1 heteroatoms. The largest absolute Gasteiger partial charge is 0.389 e. The van der Waals surface area contributed by atoms with E-state index in [9.17, 15) is 5.11 Å². The zero-order chi connectivity index (χ0) is 13.7. The van der Waals surface area contributed by atoms with Crippen LogP contribution in [-0.2, 0) is 0 Å². The van der Waals surface area contributed by atoms with Gasteiger partial charge in [0.1, 0.15) is 0 Å². The fraction of sp³-hybridized carbons (Fsp3) is 0.333. The molecule has 0 spiro atoms. The number of benzene rings is 2. The fourth-order valence-corrected chi connectivity index (χ4v) is 2.76. The lowest BCUT2D eigenvalue weighted by Gasteiger charge is -2.35. The highest BCUT2D eigenvalue weighted by Gasteiger charge is 2.35. The molecule has 0 saturated carbocycles. The summed E-state index contributed by atoms with van der Waals surface area (Å²) in [6.07, 6.45) is 1.50. The van der Waals surface area contributed by atoms with E-state index in [-0.39, 0.29) is 5.92 Å². The lowest BCUT2D eigenvalue weighted by Crippen LogP contribution is -2.35. The molecule has 0 aliphatic rings. The molecule has 0 saturated heterocycles. The van der Waals surface area contributed by atoms with Crippen molar-refractivity contribution in [2.75, 3.05) is 0 Å². The molecule has 19 heavy (non-hydrogen) atoms. The Morgan fingerprint density at radius 3 is 1.47 bits per heavy atom. The van der Waals surface area contributed by atoms with Gasteiger partial charge >= 0.3 is 0 Å². The maximum atomic E-state index is 11.0. The molecule has 0 aliphatic heterocycles. The van der Waals surface area contributed by atoms with Gasteiger partial charge in [0.15, 0.2) is 0 Å². The van der Waals surface area contributed by atoms with E-state index in [2.05, 4.69) is 38.1 Å². The lowest BCUT2D eigenvalue weighted by molar-refractivity contribution is 0.0158. The highest BCUT2D eigenvalue weighted by Crippen LogP contribution is 2.38. The van der Waals surface area contributed by atoms with E-state index in [0.717, 1.165) is 12.8 Å². The molecule has 0 amide bonds. The zero-order valence-electron chi connectivity index (χ0n) is 11.7. The molecule has 1 N–H and O–H groups in total. The molecule has 0 bridgehead atoms. The van der Waals surface area contributed by atoms with Gasteiger partial charge in [0.05, 0.1) is 5.60 Å². The molecule has 0 heterocycles. The number of hydrogen-bond donors (Lipinski definition) is 1. The van der Waals surface area contributed by atoms with E-state index in [1.807, 2.05) is 36.4 Å². The van der Waals surface area contributed by atoms with Crippen LogP contribution >= 0.6 is 0 Å². The Hall–Kier alpha value is -1.60. The van der Waals surface area contributed by atoms with E-state index < -0.39 is 5.60 Å². The van der Waals surface area contributed by atoms with Gasteiger partial charge in [-0.05, 0) is 24.0 Å². The average Bonchev–Trinajstić information content (AvgIpc) is 2.49. The third-order valence-electron chi connectivity index (χ3n) is 4.03. The SMILES string of the molecule is CCC(O)(CC)C(c1ccccc1)c1ccccc1. The predicted octanol–water partition coefficient (Wildman–Crippen LogP) is 4.37. The van der Waals surface area contributed by atoms with E-state index in [0.29, 0.717) is 0 Å². The Bertz CT molecular complexity index is 446. The monoisotopic (exact) mass is 254 g/mol. The van der Waals surface area contributed by atoms with Crippen LogP contribution in [0.15, 0.2) is 60.7 Å². The quantitative estimate of drug-likeness (QED) is 0.840. The van der Waals surface area contributed by atoms with E-state index in [1.165, 1.54) is 11.1 Å². The van der Waals surface area contributed by atoms with Crippen LogP contribution in [0.4, 0.5) is 0 Å². The molecule has 0 atom stereocenters. The lowest BCUT2D eigenvalue weighted by atomic mass is 9.74. The highest BCUT2D eigenvalue weighted by atomic mass is 16.3. The Kier molecular flexibility index (Phi) is 4.39. The van der Waals surface area contributed by atoms with E-state index in [4.69, 9.17) is 0 Å². The van der Waals surface area contributed by atoms with Crippen molar-refractivity contribution in [3.8, 4) is 0 Å². The molecule has 100 valence electrons. The van der Waals surface area contributed by atoms with Crippen LogP contribution in [0, 0.1) is 0 Å². The van der Waals surface area contributed by atoms with Crippen LogP contribution in [0.1, 0.15) is 43.7 Å². The van der Waals surface area contributed by atoms with E-state index >= 15 is 0 Å². The molecule has 2 aromatic rings. The number of hydrogen-bond acceptors (Lipinski definition) is 1. The van der Waals surface area contributed by atoms with Crippen molar-refractivity contribution in [1.82, 2.24) is 0 Å². The van der Waals surface area contributed by atoms with Gasteiger partial charge in [-0.1, -0.05) is 74.5 Å². The fourth-order valence-electron chi connectivity index (χ4n) is 2.76. The van der Waals surface area contributed by atoms with Crippen LogP contribution < -0.4 is 0 Å². The minimum absolute atomic E-state index is 0.0323. The molecule has 0 aromatic heterocycles. The van der Waals surface area contributed by atoms with Gasteiger partial charge in [0.2, 0.25) is 0 Å². The summed E-state index contributed by atoms with van der Waals surface area (Å²) in [7, 11) is 0. The highest BCUT2D eigenvalue weighted by molar-refractivity contribution is 5.35. The minimum Gasteiger partial charge on any atom is -0.389 e. The van der Waals surface area contributed by atoms with Gasteiger partial charge in [0, 0.05) is 5.92 Å². The summed E-state index contributed by atoms with van der Waals surface area (Å²) in [5.41, 5.74) is 1.67. The van der Waals surface area contributed by atoms with Crippen molar-refractivity contribution in [3.63, 3.8) is 0 Å².